The summed E-state index contributed by atoms with van der Waals surface area (Å²) < 4.78 is 5.56. The Morgan fingerprint density at radius 3 is 2.19 bits per heavy atom. The van der Waals surface area contributed by atoms with Crippen LogP contribution in [0, 0.1) is 5.41 Å². The lowest BCUT2D eigenvalue weighted by Gasteiger charge is -2.41. The van der Waals surface area contributed by atoms with Crippen LogP contribution in [0.4, 0.5) is 0 Å². The smallest absolute Gasteiger partial charge is 0.230 e. The quantitative estimate of drug-likeness (QED) is 0.514. The summed E-state index contributed by atoms with van der Waals surface area (Å²) in [5.41, 5.74) is -0.247. The number of hydrogen-bond acceptors (Lipinski definition) is 4. The van der Waals surface area contributed by atoms with E-state index in [2.05, 4.69) is 36.6 Å². The first-order chi connectivity index (χ1) is 12.9. The van der Waals surface area contributed by atoms with Crippen LogP contribution in [0.1, 0.15) is 45.4 Å². The van der Waals surface area contributed by atoms with E-state index < -0.39 is 0 Å². The van der Waals surface area contributed by atoms with E-state index in [1.807, 2.05) is 14.1 Å². The monoisotopic (exact) mass is 381 g/mol. The molecule has 1 heterocycles. The zero-order valence-electron chi connectivity index (χ0n) is 17.9. The average molecular weight is 382 g/mol. The van der Waals surface area contributed by atoms with Crippen molar-refractivity contribution in [3.63, 3.8) is 0 Å². The molecule has 0 aromatic heterocycles. The first-order valence-corrected chi connectivity index (χ1v) is 10.3. The molecule has 1 saturated carbocycles. The Labute approximate surface area is 164 Å². The lowest BCUT2D eigenvalue weighted by atomic mass is 9.84. The van der Waals surface area contributed by atoms with E-state index in [0.29, 0.717) is 6.54 Å². The number of carbonyl (C=O) groups is 1. The molecule has 0 spiro atoms. The van der Waals surface area contributed by atoms with E-state index in [1.54, 1.807) is 4.90 Å². The number of likely N-dealkylation sites (N-methyl/N-ethyl adjacent to an activating group) is 1. The summed E-state index contributed by atoms with van der Waals surface area (Å²) in [7, 11) is 7.97. The van der Waals surface area contributed by atoms with Gasteiger partial charge in [0.25, 0.3) is 0 Å². The second-order valence-corrected chi connectivity index (χ2v) is 8.47. The summed E-state index contributed by atoms with van der Waals surface area (Å²) in [5.74, 6) is 1.04. The van der Waals surface area contributed by atoms with E-state index in [4.69, 9.17) is 9.73 Å². The zero-order valence-corrected chi connectivity index (χ0v) is 17.9. The molecule has 1 aliphatic carbocycles. The Balaban J connectivity index is 2.07. The van der Waals surface area contributed by atoms with Crippen LogP contribution >= 0.6 is 0 Å². The fourth-order valence-electron chi connectivity index (χ4n) is 4.31. The largest absolute Gasteiger partial charge is 0.381 e. The fraction of sp³-hybridized carbons (Fsp3) is 0.900. The molecule has 27 heavy (non-hydrogen) atoms. The molecule has 1 amide bonds. The third-order valence-corrected chi connectivity index (χ3v) is 6.26. The summed E-state index contributed by atoms with van der Waals surface area (Å²) in [6.07, 6.45) is 6.14. The number of ether oxygens (including phenoxy) is 1. The zero-order chi connectivity index (χ0) is 19.9. The maximum absolute atomic E-state index is 12.8. The second kappa shape index (κ2) is 9.73. The highest BCUT2D eigenvalue weighted by molar-refractivity contribution is 5.85. The van der Waals surface area contributed by atoms with Gasteiger partial charge in [-0.25, -0.2) is 0 Å². The Hall–Kier alpha value is -1.34. The Morgan fingerprint density at radius 2 is 1.67 bits per heavy atom. The first-order valence-electron chi connectivity index (χ1n) is 10.3. The molecular formula is C20H39N5O2. The van der Waals surface area contributed by atoms with Crippen LogP contribution in [0.2, 0.25) is 0 Å². The van der Waals surface area contributed by atoms with Gasteiger partial charge >= 0.3 is 0 Å². The van der Waals surface area contributed by atoms with Crippen LogP contribution in [0.25, 0.3) is 0 Å². The molecule has 2 rings (SSSR count). The molecule has 0 unspecified atom stereocenters. The number of nitrogens with zero attached hydrogens (tertiary/aromatic N) is 3. The topological polar surface area (TPSA) is 69.2 Å². The van der Waals surface area contributed by atoms with Crippen molar-refractivity contribution in [1.29, 1.82) is 0 Å². The number of guanidine groups is 1. The van der Waals surface area contributed by atoms with Crippen molar-refractivity contribution in [2.75, 3.05) is 61.0 Å². The van der Waals surface area contributed by atoms with Crippen molar-refractivity contribution in [2.45, 2.75) is 51.0 Å². The van der Waals surface area contributed by atoms with Crippen LogP contribution in [0.5, 0.6) is 0 Å². The third kappa shape index (κ3) is 5.35. The normalized spacial score (nSPS) is 21.9. The Bertz CT molecular complexity index is 507. The molecule has 0 radical (unpaired) electrons. The number of carbonyl (C=O) groups excluding carboxylic acids is 1. The maximum atomic E-state index is 12.8. The number of aliphatic imine (C=N–C) groups is 1. The van der Waals surface area contributed by atoms with Gasteiger partial charge in [0.1, 0.15) is 0 Å². The van der Waals surface area contributed by atoms with Crippen LogP contribution in [0.3, 0.4) is 0 Å². The average Bonchev–Trinajstić information content (AvgIpc) is 3.14. The highest BCUT2D eigenvalue weighted by atomic mass is 16.5. The van der Waals surface area contributed by atoms with Gasteiger partial charge in [-0.05, 0) is 46.7 Å². The molecule has 1 aliphatic heterocycles. The van der Waals surface area contributed by atoms with Crippen LogP contribution < -0.4 is 10.6 Å². The van der Waals surface area contributed by atoms with Gasteiger partial charge in [0.05, 0.1) is 12.0 Å². The maximum Gasteiger partial charge on any atom is 0.230 e. The van der Waals surface area contributed by atoms with Crippen LogP contribution in [-0.2, 0) is 9.53 Å². The molecule has 2 fully saturated rings. The highest BCUT2D eigenvalue weighted by Gasteiger charge is 2.42. The lowest BCUT2D eigenvalue weighted by molar-refractivity contribution is -0.138. The highest BCUT2D eigenvalue weighted by Crippen LogP contribution is 2.38. The van der Waals surface area contributed by atoms with E-state index >= 15 is 0 Å². The van der Waals surface area contributed by atoms with Crippen molar-refractivity contribution < 1.29 is 9.53 Å². The molecule has 156 valence electrons. The van der Waals surface area contributed by atoms with E-state index in [1.165, 1.54) is 0 Å². The van der Waals surface area contributed by atoms with E-state index in [-0.39, 0.29) is 16.9 Å². The second-order valence-electron chi connectivity index (χ2n) is 8.47. The van der Waals surface area contributed by atoms with E-state index in [9.17, 15) is 4.79 Å². The van der Waals surface area contributed by atoms with Gasteiger partial charge < -0.3 is 25.2 Å². The van der Waals surface area contributed by atoms with Gasteiger partial charge in [0, 0.05) is 45.9 Å². The number of nitrogens with one attached hydrogen (secondary N) is 2. The van der Waals surface area contributed by atoms with Crippen LogP contribution in [-0.4, -0.2) is 88.2 Å². The molecule has 1 saturated heterocycles. The molecule has 7 heteroatoms. The minimum absolute atomic E-state index is 0.0467. The van der Waals surface area contributed by atoms with Crippen molar-refractivity contribution in [3.05, 3.63) is 0 Å². The van der Waals surface area contributed by atoms with Gasteiger partial charge in [-0.3, -0.25) is 9.79 Å². The summed E-state index contributed by atoms with van der Waals surface area (Å²) in [6.45, 7) is 5.83. The molecule has 7 nitrogen and oxygen atoms in total. The summed E-state index contributed by atoms with van der Waals surface area (Å²) in [4.78, 5) is 21.7. The van der Waals surface area contributed by atoms with Gasteiger partial charge in [0.2, 0.25) is 5.91 Å². The van der Waals surface area contributed by atoms with Gasteiger partial charge in [-0.15, -0.1) is 0 Å². The van der Waals surface area contributed by atoms with Crippen molar-refractivity contribution >= 4 is 11.9 Å². The third-order valence-electron chi connectivity index (χ3n) is 6.26. The lowest BCUT2D eigenvalue weighted by Crippen LogP contribution is -2.52. The predicted octanol–water partition coefficient (Wildman–Crippen LogP) is 1.30. The number of hydrogen-bond donors (Lipinski definition) is 2. The van der Waals surface area contributed by atoms with Gasteiger partial charge in [-0.2, -0.15) is 0 Å². The fourth-order valence-corrected chi connectivity index (χ4v) is 4.31. The summed E-state index contributed by atoms with van der Waals surface area (Å²) in [5, 5.41) is 6.83. The van der Waals surface area contributed by atoms with Crippen molar-refractivity contribution in [1.82, 2.24) is 20.4 Å². The standard InChI is InChI=1S/C20H39N5O2/c1-6-21-18(23-16-20(25(4)5)11-13-27-14-12-20)22-15-19(9-7-8-10-19)17(26)24(2)3/h6-16H2,1-5H3,(H2,21,22,23). The molecule has 2 aliphatic rings. The molecule has 0 atom stereocenters. The van der Waals surface area contributed by atoms with Gasteiger partial charge in [-0.1, -0.05) is 12.8 Å². The van der Waals surface area contributed by atoms with Crippen LogP contribution in [0.15, 0.2) is 4.99 Å². The molecular weight excluding hydrogens is 342 g/mol. The van der Waals surface area contributed by atoms with Crippen molar-refractivity contribution in [3.8, 4) is 0 Å². The Kier molecular flexibility index (Phi) is 7.91. The molecule has 0 bridgehead atoms. The SMILES string of the molecule is CCNC(=NCC1(N(C)C)CCOCC1)NCC1(C(=O)N(C)C)CCCC1. The first kappa shape index (κ1) is 22.0. The number of amides is 1. The Morgan fingerprint density at radius 1 is 1.04 bits per heavy atom. The van der Waals surface area contributed by atoms with Gasteiger partial charge in [0.15, 0.2) is 5.96 Å². The van der Waals surface area contributed by atoms with Crippen molar-refractivity contribution in [2.24, 2.45) is 10.4 Å². The summed E-state index contributed by atoms with van der Waals surface area (Å²) in [6, 6.07) is 0. The number of rotatable bonds is 7. The minimum Gasteiger partial charge on any atom is -0.381 e. The molecule has 0 aromatic carbocycles. The molecule has 0 aromatic rings. The van der Waals surface area contributed by atoms with E-state index in [0.717, 1.165) is 70.8 Å². The molecule has 2 N–H and O–H groups in total. The summed E-state index contributed by atoms with van der Waals surface area (Å²) >= 11 is 0. The minimum atomic E-state index is -0.294. The predicted molar refractivity (Wildman–Crippen MR) is 110 cm³/mol.